The lowest BCUT2D eigenvalue weighted by Gasteiger charge is -2.10. The van der Waals surface area contributed by atoms with Gasteiger partial charge in [0, 0.05) is 19.0 Å². The van der Waals surface area contributed by atoms with Crippen LogP contribution in [0.4, 0.5) is 10.1 Å². The van der Waals surface area contributed by atoms with Gasteiger partial charge in [0.05, 0.1) is 19.9 Å². The number of hydrogen-bond acceptors (Lipinski definition) is 4. The molecule has 4 nitrogen and oxygen atoms in total. The molecule has 0 saturated heterocycles. The predicted molar refractivity (Wildman–Crippen MR) is 62.7 cm³/mol. The Hall–Kier alpha value is -1.78. The third-order valence-corrected chi connectivity index (χ3v) is 2.26. The van der Waals surface area contributed by atoms with E-state index in [0.717, 1.165) is 0 Å². The Balaban J connectivity index is 2.43. The molecule has 5 heteroatoms. The Bertz CT molecular complexity index is 382. The number of rotatable bonds is 6. The molecular formula is C12H16FNO3. The third-order valence-electron chi connectivity index (χ3n) is 2.26. The van der Waals surface area contributed by atoms with E-state index >= 15 is 0 Å². The van der Waals surface area contributed by atoms with Gasteiger partial charge in [-0.05, 0) is 18.6 Å². The summed E-state index contributed by atoms with van der Waals surface area (Å²) in [6, 6.07) is 4.26. The first-order valence-electron chi connectivity index (χ1n) is 5.31. The Kier molecular flexibility index (Phi) is 5.26. The summed E-state index contributed by atoms with van der Waals surface area (Å²) in [5.74, 6) is -0.136. The molecule has 0 aliphatic rings. The molecule has 0 aliphatic heterocycles. The van der Waals surface area contributed by atoms with Gasteiger partial charge >= 0.3 is 5.97 Å². The Labute approximate surface area is 99.7 Å². The minimum atomic E-state index is -0.345. The summed E-state index contributed by atoms with van der Waals surface area (Å²) < 4.78 is 22.5. The first-order valence-corrected chi connectivity index (χ1v) is 5.31. The molecule has 0 amide bonds. The number of anilines is 1. The number of esters is 1. The summed E-state index contributed by atoms with van der Waals surface area (Å²) in [5.41, 5.74) is 0.707. The van der Waals surface area contributed by atoms with Gasteiger partial charge in [0.25, 0.3) is 0 Å². The van der Waals surface area contributed by atoms with Crippen LogP contribution in [-0.4, -0.2) is 26.7 Å². The maximum absolute atomic E-state index is 12.9. The van der Waals surface area contributed by atoms with Gasteiger partial charge in [0.1, 0.15) is 11.6 Å². The number of carbonyl (C=O) groups is 1. The van der Waals surface area contributed by atoms with Crippen molar-refractivity contribution in [1.82, 2.24) is 0 Å². The van der Waals surface area contributed by atoms with Gasteiger partial charge < -0.3 is 14.8 Å². The van der Waals surface area contributed by atoms with Crippen molar-refractivity contribution in [2.75, 3.05) is 26.1 Å². The lowest BCUT2D eigenvalue weighted by Crippen LogP contribution is -2.07. The van der Waals surface area contributed by atoms with Gasteiger partial charge in [-0.2, -0.15) is 0 Å². The van der Waals surface area contributed by atoms with Crippen molar-refractivity contribution in [1.29, 1.82) is 0 Å². The number of halogens is 1. The van der Waals surface area contributed by atoms with Crippen LogP contribution in [0.25, 0.3) is 0 Å². The fraction of sp³-hybridized carbons (Fsp3) is 0.417. The van der Waals surface area contributed by atoms with Crippen LogP contribution in [-0.2, 0) is 9.53 Å². The van der Waals surface area contributed by atoms with Crippen molar-refractivity contribution < 1.29 is 18.7 Å². The van der Waals surface area contributed by atoms with Crippen LogP contribution < -0.4 is 10.1 Å². The average Bonchev–Trinajstić information content (AvgIpc) is 2.35. The van der Waals surface area contributed by atoms with Crippen molar-refractivity contribution in [2.24, 2.45) is 0 Å². The number of methoxy groups -OCH3 is 2. The first-order chi connectivity index (χ1) is 8.17. The topological polar surface area (TPSA) is 47.6 Å². The molecule has 0 heterocycles. The summed E-state index contributed by atoms with van der Waals surface area (Å²) in [4.78, 5) is 10.9. The quantitative estimate of drug-likeness (QED) is 0.612. The fourth-order valence-electron chi connectivity index (χ4n) is 1.37. The van der Waals surface area contributed by atoms with Crippen LogP contribution in [0.3, 0.4) is 0 Å². The van der Waals surface area contributed by atoms with Gasteiger partial charge in [-0.1, -0.05) is 0 Å². The summed E-state index contributed by atoms with van der Waals surface area (Å²) >= 11 is 0. The first kappa shape index (κ1) is 13.3. The minimum absolute atomic E-state index is 0.238. The summed E-state index contributed by atoms with van der Waals surface area (Å²) in [7, 11) is 2.84. The molecule has 0 aliphatic carbocycles. The number of nitrogens with one attached hydrogen (secondary N) is 1. The van der Waals surface area contributed by atoms with E-state index in [-0.39, 0.29) is 11.8 Å². The maximum atomic E-state index is 12.9. The summed E-state index contributed by atoms with van der Waals surface area (Å²) in [6.07, 6.45) is 1.00. The largest absolute Gasteiger partial charge is 0.494 e. The number of hydrogen-bond donors (Lipinski definition) is 1. The molecule has 0 saturated carbocycles. The van der Waals surface area contributed by atoms with E-state index in [1.807, 2.05) is 0 Å². The monoisotopic (exact) mass is 241 g/mol. The van der Waals surface area contributed by atoms with Crippen LogP contribution in [0, 0.1) is 5.82 Å². The molecule has 0 radical (unpaired) electrons. The van der Waals surface area contributed by atoms with Gasteiger partial charge in [-0.25, -0.2) is 4.39 Å². The normalized spacial score (nSPS) is 9.82. The average molecular weight is 241 g/mol. The van der Waals surface area contributed by atoms with Crippen LogP contribution in [0.2, 0.25) is 0 Å². The molecule has 1 aromatic carbocycles. The van der Waals surface area contributed by atoms with Crippen LogP contribution >= 0.6 is 0 Å². The molecule has 17 heavy (non-hydrogen) atoms. The molecule has 1 rings (SSSR count). The van der Waals surface area contributed by atoms with E-state index in [0.29, 0.717) is 30.8 Å². The highest BCUT2D eigenvalue weighted by atomic mass is 19.1. The Morgan fingerprint density at radius 3 is 2.82 bits per heavy atom. The minimum Gasteiger partial charge on any atom is -0.494 e. The summed E-state index contributed by atoms with van der Waals surface area (Å²) in [6.45, 7) is 0.594. The lowest BCUT2D eigenvalue weighted by atomic mass is 10.2. The van der Waals surface area contributed by atoms with Gasteiger partial charge in [0.15, 0.2) is 0 Å². The second-order valence-electron chi connectivity index (χ2n) is 3.45. The number of benzene rings is 1. The van der Waals surface area contributed by atoms with Crippen molar-refractivity contribution in [2.45, 2.75) is 12.8 Å². The number of ether oxygens (including phenoxy) is 2. The highest BCUT2D eigenvalue weighted by molar-refractivity contribution is 5.69. The van der Waals surface area contributed by atoms with E-state index in [2.05, 4.69) is 10.1 Å². The Morgan fingerprint density at radius 2 is 2.18 bits per heavy atom. The zero-order valence-electron chi connectivity index (χ0n) is 9.96. The lowest BCUT2D eigenvalue weighted by molar-refractivity contribution is -0.140. The number of carbonyl (C=O) groups excluding carboxylic acids is 1. The van der Waals surface area contributed by atoms with E-state index in [4.69, 9.17) is 4.74 Å². The smallest absolute Gasteiger partial charge is 0.305 e. The zero-order valence-corrected chi connectivity index (χ0v) is 9.96. The molecule has 0 fully saturated rings. The standard InChI is InChI=1S/C12H16FNO3/c1-16-11-8-9(13)5-6-10(11)14-7-3-4-12(15)17-2/h5-6,8,14H,3-4,7H2,1-2H3. The maximum Gasteiger partial charge on any atom is 0.305 e. The molecule has 0 atom stereocenters. The zero-order chi connectivity index (χ0) is 12.7. The molecule has 0 aromatic heterocycles. The van der Waals surface area contributed by atoms with E-state index in [1.165, 1.54) is 26.4 Å². The highest BCUT2D eigenvalue weighted by Gasteiger charge is 2.04. The van der Waals surface area contributed by atoms with Crippen molar-refractivity contribution in [3.63, 3.8) is 0 Å². The van der Waals surface area contributed by atoms with Gasteiger partial charge in [-0.15, -0.1) is 0 Å². The van der Waals surface area contributed by atoms with Gasteiger partial charge in [0.2, 0.25) is 0 Å². The predicted octanol–water partition coefficient (Wildman–Crippen LogP) is 2.20. The van der Waals surface area contributed by atoms with Crippen LogP contribution in [0.15, 0.2) is 18.2 Å². The Morgan fingerprint density at radius 1 is 1.41 bits per heavy atom. The molecule has 1 N–H and O–H groups in total. The molecule has 0 spiro atoms. The SMILES string of the molecule is COC(=O)CCCNc1ccc(F)cc1OC. The molecule has 0 bridgehead atoms. The van der Waals surface area contributed by atoms with Crippen molar-refractivity contribution in [3.8, 4) is 5.75 Å². The van der Waals surface area contributed by atoms with E-state index in [9.17, 15) is 9.18 Å². The molecule has 1 aromatic rings. The van der Waals surface area contributed by atoms with Gasteiger partial charge in [-0.3, -0.25) is 4.79 Å². The third kappa shape index (κ3) is 4.30. The van der Waals surface area contributed by atoms with E-state index in [1.54, 1.807) is 6.07 Å². The second kappa shape index (κ2) is 6.73. The fourth-order valence-corrected chi connectivity index (χ4v) is 1.37. The van der Waals surface area contributed by atoms with Crippen LogP contribution in [0.5, 0.6) is 5.75 Å². The highest BCUT2D eigenvalue weighted by Crippen LogP contribution is 2.24. The molecular weight excluding hydrogens is 225 g/mol. The molecule has 0 unspecified atom stereocenters. The van der Waals surface area contributed by atoms with Crippen molar-refractivity contribution >= 4 is 11.7 Å². The van der Waals surface area contributed by atoms with Crippen molar-refractivity contribution in [3.05, 3.63) is 24.0 Å². The summed E-state index contributed by atoms with van der Waals surface area (Å²) in [5, 5.41) is 3.07. The second-order valence-corrected chi connectivity index (χ2v) is 3.45. The van der Waals surface area contributed by atoms with Crippen LogP contribution in [0.1, 0.15) is 12.8 Å². The van der Waals surface area contributed by atoms with E-state index < -0.39 is 0 Å². The molecule has 94 valence electrons.